The van der Waals surface area contributed by atoms with Gasteiger partial charge in [0.1, 0.15) is 11.5 Å². The molecule has 3 rings (SSSR count). The van der Waals surface area contributed by atoms with Gasteiger partial charge in [-0.3, -0.25) is 4.79 Å². The molecule has 1 aliphatic rings. The minimum absolute atomic E-state index is 0.0438. The number of aryl methyl sites for hydroxylation is 4. The predicted molar refractivity (Wildman–Crippen MR) is 91.0 cm³/mol. The van der Waals surface area contributed by atoms with Gasteiger partial charge >= 0.3 is 0 Å². The van der Waals surface area contributed by atoms with Gasteiger partial charge in [0.05, 0.1) is 10.7 Å². The van der Waals surface area contributed by atoms with Crippen molar-refractivity contribution in [3.8, 4) is 0 Å². The molecule has 0 N–H and O–H groups in total. The van der Waals surface area contributed by atoms with Gasteiger partial charge in [0, 0.05) is 30.1 Å². The number of hydrogen-bond acceptors (Lipinski definition) is 5. The second-order valence-electron chi connectivity index (χ2n) is 6.26. The molecule has 23 heavy (non-hydrogen) atoms. The molecule has 2 aromatic heterocycles. The number of fused-ring (bicyclic) bond motifs is 1. The van der Waals surface area contributed by atoms with E-state index in [9.17, 15) is 4.79 Å². The number of amides is 1. The number of carbonyl (C=O) groups excluding carboxylic acids is 1. The molecular weight excluding hydrogens is 308 g/mol. The normalized spacial score (nSPS) is 17.0. The lowest BCUT2D eigenvalue weighted by molar-refractivity contribution is 0.0776. The van der Waals surface area contributed by atoms with Gasteiger partial charge in [-0.2, -0.15) is 0 Å². The van der Waals surface area contributed by atoms with E-state index < -0.39 is 0 Å². The van der Waals surface area contributed by atoms with Gasteiger partial charge in [0.25, 0.3) is 5.91 Å². The number of aromatic nitrogens is 3. The molecule has 6 heteroatoms. The molecule has 122 valence electrons. The van der Waals surface area contributed by atoms with E-state index in [0.29, 0.717) is 24.0 Å². The monoisotopic (exact) mass is 330 g/mol. The summed E-state index contributed by atoms with van der Waals surface area (Å²) >= 11 is 1.79. The lowest BCUT2D eigenvalue weighted by Crippen LogP contribution is -2.33. The Bertz CT molecular complexity index is 720. The summed E-state index contributed by atoms with van der Waals surface area (Å²) < 4.78 is 0. The van der Waals surface area contributed by atoms with Crippen LogP contribution < -0.4 is 0 Å². The summed E-state index contributed by atoms with van der Waals surface area (Å²) in [7, 11) is 1.85. The number of hydrogen-bond donors (Lipinski definition) is 0. The molecule has 0 fully saturated rings. The first-order valence-electron chi connectivity index (χ1n) is 7.98. The van der Waals surface area contributed by atoms with E-state index >= 15 is 0 Å². The highest BCUT2D eigenvalue weighted by molar-refractivity contribution is 7.11. The smallest absolute Gasteiger partial charge is 0.272 e. The Morgan fingerprint density at radius 1 is 1.30 bits per heavy atom. The quantitative estimate of drug-likeness (QED) is 0.868. The van der Waals surface area contributed by atoms with Crippen LogP contribution in [0.3, 0.4) is 0 Å². The van der Waals surface area contributed by atoms with Gasteiger partial charge < -0.3 is 4.90 Å². The third-order valence-corrected chi connectivity index (χ3v) is 5.25. The van der Waals surface area contributed by atoms with Crippen molar-refractivity contribution < 1.29 is 4.79 Å². The Kier molecular flexibility index (Phi) is 4.43. The molecule has 1 aliphatic carbocycles. The molecule has 0 aliphatic heterocycles. The summed E-state index contributed by atoms with van der Waals surface area (Å²) in [5.74, 6) is 0.927. The molecule has 1 amide bonds. The Morgan fingerprint density at radius 2 is 2.09 bits per heavy atom. The van der Waals surface area contributed by atoms with Crippen LogP contribution in [0.25, 0.3) is 0 Å². The molecule has 0 saturated heterocycles. The van der Waals surface area contributed by atoms with Crippen molar-refractivity contribution >= 4 is 17.2 Å². The van der Waals surface area contributed by atoms with E-state index in [0.717, 1.165) is 23.5 Å². The minimum Gasteiger partial charge on any atom is -0.340 e. The fourth-order valence-electron chi connectivity index (χ4n) is 3.24. The van der Waals surface area contributed by atoms with Crippen molar-refractivity contribution in [3.05, 3.63) is 38.9 Å². The van der Waals surface area contributed by atoms with Crippen molar-refractivity contribution in [2.75, 3.05) is 13.6 Å². The van der Waals surface area contributed by atoms with Crippen LogP contribution in [0.15, 0.2) is 6.07 Å². The van der Waals surface area contributed by atoms with Gasteiger partial charge in [-0.15, -0.1) is 11.3 Å². The van der Waals surface area contributed by atoms with Gasteiger partial charge in [-0.25, -0.2) is 15.0 Å². The highest BCUT2D eigenvalue weighted by Crippen LogP contribution is 2.35. The summed E-state index contributed by atoms with van der Waals surface area (Å²) in [5, 5.41) is 1.12. The summed E-state index contributed by atoms with van der Waals surface area (Å²) in [6.07, 6.45) is 3.39. The fourth-order valence-corrected chi connectivity index (χ4v) is 4.31. The SMILES string of the molecule is Cc1cc(C(=O)N(C)C[C@H]2CCCc3sc(C)nc32)nc(C)n1. The molecule has 0 aromatic carbocycles. The maximum absolute atomic E-state index is 12.7. The number of likely N-dealkylation sites (N-methyl/N-ethyl adjacent to an activating group) is 1. The number of rotatable bonds is 3. The third kappa shape index (κ3) is 3.42. The van der Waals surface area contributed by atoms with E-state index in [1.807, 2.05) is 20.9 Å². The Morgan fingerprint density at radius 3 is 2.83 bits per heavy atom. The van der Waals surface area contributed by atoms with Crippen LogP contribution in [0.4, 0.5) is 0 Å². The molecule has 1 atom stereocenters. The van der Waals surface area contributed by atoms with Crippen molar-refractivity contribution in [1.29, 1.82) is 0 Å². The maximum Gasteiger partial charge on any atom is 0.272 e. The lowest BCUT2D eigenvalue weighted by atomic mass is 9.90. The molecule has 0 radical (unpaired) electrons. The van der Waals surface area contributed by atoms with Crippen LogP contribution in [0.1, 0.15) is 56.3 Å². The van der Waals surface area contributed by atoms with Gasteiger partial charge in [0.2, 0.25) is 0 Å². The first kappa shape index (κ1) is 16.1. The van der Waals surface area contributed by atoms with E-state index in [4.69, 9.17) is 4.98 Å². The second-order valence-corrected chi connectivity index (χ2v) is 7.55. The average molecular weight is 330 g/mol. The van der Waals surface area contributed by atoms with Crippen LogP contribution >= 0.6 is 11.3 Å². The Balaban J connectivity index is 1.76. The third-order valence-electron chi connectivity index (χ3n) is 4.20. The first-order chi connectivity index (χ1) is 10.9. The van der Waals surface area contributed by atoms with E-state index in [1.165, 1.54) is 17.0 Å². The van der Waals surface area contributed by atoms with Crippen LogP contribution in [0.2, 0.25) is 0 Å². The molecular formula is C17H22N4OS. The fraction of sp³-hybridized carbons (Fsp3) is 0.529. The molecule has 0 spiro atoms. The molecule has 0 saturated carbocycles. The Hall–Kier alpha value is -1.82. The van der Waals surface area contributed by atoms with Crippen LogP contribution in [0, 0.1) is 20.8 Å². The maximum atomic E-state index is 12.7. The molecule has 0 bridgehead atoms. The van der Waals surface area contributed by atoms with Crippen LogP contribution in [-0.4, -0.2) is 39.4 Å². The van der Waals surface area contributed by atoms with Crippen molar-refractivity contribution in [2.45, 2.75) is 46.0 Å². The topological polar surface area (TPSA) is 59.0 Å². The molecule has 2 heterocycles. The summed E-state index contributed by atoms with van der Waals surface area (Å²) in [5.41, 5.74) is 2.50. The minimum atomic E-state index is -0.0438. The standard InChI is InChI=1S/C17H22N4OS/c1-10-8-14(19-11(2)18-10)17(22)21(4)9-13-6-5-7-15-16(13)20-12(3)23-15/h8,13H,5-7,9H2,1-4H3/t13-/m1/s1. The predicted octanol–water partition coefficient (Wildman–Crippen LogP) is 3.05. The highest BCUT2D eigenvalue weighted by atomic mass is 32.1. The molecule has 0 unspecified atom stereocenters. The molecule has 2 aromatic rings. The average Bonchev–Trinajstić information content (AvgIpc) is 2.86. The number of carbonyl (C=O) groups is 1. The number of nitrogens with zero attached hydrogens (tertiary/aromatic N) is 4. The van der Waals surface area contributed by atoms with E-state index in [-0.39, 0.29) is 5.91 Å². The summed E-state index contributed by atoms with van der Waals surface area (Å²) in [4.78, 5) is 29.0. The molecule has 5 nitrogen and oxygen atoms in total. The largest absolute Gasteiger partial charge is 0.340 e. The van der Waals surface area contributed by atoms with Crippen LogP contribution in [-0.2, 0) is 6.42 Å². The zero-order valence-corrected chi connectivity index (χ0v) is 14.9. The van der Waals surface area contributed by atoms with Gasteiger partial charge in [0.15, 0.2) is 0 Å². The van der Waals surface area contributed by atoms with Crippen LogP contribution in [0.5, 0.6) is 0 Å². The Labute approximate surface area is 140 Å². The van der Waals surface area contributed by atoms with Crippen molar-refractivity contribution in [1.82, 2.24) is 19.9 Å². The van der Waals surface area contributed by atoms with E-state index in [2.05, 4.69) is 16.9 Å². The first-order valence-corrected chi connectivity index (χ1v) is 8.79. The van der Waals surface area contributed by atoms with Gasteiger partial charge in [-0.05, 0) is 46.1 Å². The number of thiazole rings is 1. The summed E-state index contributed by atoms with van der Waals surface area (Å²) in [6.45, 7) is 6.45. The highest BCUT2D eigenvalue weighted by Gasteiger charge is 2.27. The second kappa shape index (κ2) is 6.35. The lowest BCUT2D eigenvalue weighted by Gasteiger charge is -2.26. The zero-order chi connectivity index (χ0) is 16.6. The van der Waals surface area contributed by atoms with Crippen molar-refractivity contribution in [3.63, 3.8) is 0 Å². The zero-order valence-electron chi connectivity index (χ0n) is 14.1. The summed E-state index contributed by atoms with van der Waals surface area (Å²) in [6, 6.07) is 1.76. The van der Waals surface area contributed by atoms with Crippen molar-refractivity contribution in [2.24, 2.45) is 0 Å². The van der Waals surface area contributed by atoms with Gasteiger partial charge in [-0.1, -0.05) is 0 Å². The van der Waals surface area contributed by atoms with E-state index in [1.54, 1.807) is 22.3 Å².